The fourth-order valence-electron chi connectivity index (χ4n) is 2.31. The zero-order valence-corrected chi connectivity index (χ0v) is 17.6. The van der Waals surface area contributed by atoms with Crippen molar-refractivity contribution in [2.24, 2.45) is 0 Å². The molecule has 0 amide bonds. The van der Waals surface area contributed by atoms with E-state index < -0.39 is 17.7 Å². The largest absolute Gasteiger partial charge is 0.515 e. The number of allylic oxidation sites excluding steroid dienone is 1. The SMILES string of the molecule is O=C(O)C(=CO)CCCOc1ccccc1.O=C(O)C(O)=CCCCOc1ccccc1. The molecule has 32 heavy (non-hydrogen) atoms. The van der Waals surface area contributed by atoms with Crippen LogP contribution in [0.1, 0.15) is 25.7 Å². The standard InChI is InChI=1S/2C12H14O4/c13-9-10(12(14)15)5-4-8-16-11-6-2-1-3-7-11;13-11(12(14)15)8-4-5-9-16-10-6-2-1-3-7-10/h1-3,6-7,9,13H,4-5,8H2,(H,14,15);1-3,6-8,13H,4-5,9H2,(H,14,15). The molecule has 0 saturated carbocycles. The summed E-state index contributed by atoms with van der Waals surface area (Å²) >= 11 is 0. The van der Waals surface area contributed by atoms with Crippen LogP contribution >= 0.6 is 0 Å². The molecule has 0 bridgehead atoms. The molecule has 0 heterocycles. The first-order chi connectivity index (χ1) is 15.4. The first kappa shape index (κ1) is 26.1. The van der Waals surface area contributed by atoms with Crippen molar-refractivity contribution < 1.29 is 39.5 Å². The molecule has 0 atom stereocenters. The summed E-state index contributed by atoms with van der Waals surface area (Å²) in [5.41, 5.74) is -0.00309. The van der Waals surface area contributed by atoms with E-state index in [-0.39, 0.29) is 5.57 Å². The summed E-state index contributed by atoms with van der Waals surface area (Å²) in [5.74, 6) is -1.47. The first-order valence-electron chi connectivity index (χ1n) is 9.98. The summed E-state index contributed by atoms with van der Waals surface area (Å²) < 4.78 is 10.8. The van der Waals surface area contributed by atoms with Crippen molar-refractivity contribution in [1.29, 1.82) is 0 Å². The van der Waals surface area contributed by atoms with E-state index in [1.165, 1.54) is 6.08 Å². The fourth-order valence-corrected chi connectivity index (χ4v) is 2.31. The van der Waals surface area contributed by atoms with Crippen LogP contribution in [0.15, 0.2) is 84.3 Å². The highest BCUT2D eigenvalue weighted by molar-refractivity contribution is 5.86. The van der Waals surface area contributed by atoms with E-state index in [1.807, 2.05) is 60.7 Å². The number of aliphatic hydroxyl groups is 2. The average molecular weight is 444 g/mol. The summed E-state index contributed by atoms with van der Waals surface area (Å²) in [7, 11) is 0. The van der Waals surface area contributed by atoms with Crippen molar-refractivity contribution in [3.8, 4) is 11.5 Å². The van der Waals surface area contributed by atoms with Crippen LogP contribution < -0.4 is 9.47 Å². The molecule has 0 radical (unpaired) electrons. The summed E-state index contributed by atoms with van der Waals surface area (Å²) in [4.78, 5) is 20.8. The van der Waals surface area contributed by atoms with Crippen LogP contribution in [-0.2, 0) is 9.59 Å². The zero-order valence-electron chi connectivity index (χ0n) is 17.6. The number of aliphatic hydroxyl groups excluding tert-OH is 2. The van der Waals surface area contributed by atoms with Gasteiger partial charge in [-0.3, -0.25) is 0 Å². The molecule has 4 N–H and O–H groups in total. The molecule has 2 aromatic rings. The van der Waals surface area contributed by atoms with Gasteiger partial charge in [-0.25, -0.2) is 9.59 Å². The van der Waals surface area contributed by atoms with Gasteiger partial charge >= 0.3 is 11.9 Å². The number of para-hydroxylation sites is 2. The highest BCUT2D eigenvalue weighted by atomic mass is 16.5. The van der Waals surface area contributed by atoms with Crippen molar-refractivity contribution in [3.05, 3.63) is 84.3 Å². The van der Waals surface area contributed by atoms with Crippen molar-refractivity contribution in [3.63, 3.8) is 0 Å². The Labute approximate surface area is 186 Å². The van der Waals surface area contributed by atoms with E-state index in [9.17, 15) is 9.59 Å². The van der Waals surface area contributed by atoms with Crippen molar-refractivity contribution in [2.45, 2.75) is 25.7 Å². The number of carbonyl (C=O) groups is 2. The Morgan fingerprint density at radius 3 is 1.69 bits per heavy atom. The Bertz CT molecular complexity index is 860. The van der Waals surface area contributed by atoms with Crippen LogP contribution in [0.3, 0.4) is 0 Å². The van der Waals surface area contributed by atoms with Crippen LogP contribution in [0.25, 0.3) is 0 Å². The molecular weight excluding hydrogens is 416 g/mol. The maximum Gasteiger partial charge on any atom is 0.370 e. The molecule has 172 valence electrons. The minimum absolute atomic E-state index is 0.00309. The van der Waals surface area contributed by atoms with Gasteiger partial charge in [0.1, 0.15) is 11.5 Å². The lowest BCUT2D eigenvalue weighted by atomic mass is 10.2. The highest BCUT2D eigenvalue weighted by Gasteiger charge is 2.06. The molecule has 0 aliphatic heterocycles. The Hall–Kier alpha value is -3.94. The molecule has 0 spiro atoms. The summed E-state index contributed by atoms with van der Waals surface area (Å²) in [6.07, 6.45) is 3.88. The van der Waals surface area contributed by atoms with Crippen molar-refractivity contribution >= 4 is 11.9 Å². The molecule has 0 aliphatic carbocycles. The van der Waals surface area contributed by atoms with E-state index in [1.54, 1.807) is 0 Å². The number of unbranched alkanes of at least 4 members (excludes halogenated alkanes) is 1. The smallest absolute Gasteiger partial charge is 0.370 e. The van der Waals surface area contributed by atoms with E-state index >= 15 is 0 Å². The Morgan fingerprint density at radius 1 is 0.750 bits per heavy atom. The Morgan fingerprint density at radius 2 is 1.25 bits per heavy atom. The number of benzene rings is 2. The topological polar surface area (TPSA) is 134 Å². The number of hydrogen-bond acceptors (Lipinski definition) is 6. The van der Waals surface area contributed by atoms with Crippen molar-refractivity contribution in [1.82, 2.24) is 0 Å². The first-order valence-corrected chi connectivity index (χ1v) is 9.98. The molecule has 0 fully saturated rings. The van der Waals surface area contributed by atoms with Gasteiger partial charge in [0, 0.05) is 0 Å². The molecule has 0 aromatic heterocycles. The van der Waals surface area contributed by atoms with Gasteiger partial charge in [-0.05, 0) is 56.0 Å². The quantitative estimate of drug-likeness (QED) is 0.209. The fraction of sp³-hybridized carbons (Fsp3) is 0.250. The summed E-state index contributed by atoms with van der Waals surface area (Å²) in [6.45, 7) is 0.919. The third-order valence-electron chi connectivity index (χ3n) is 3.95. The normalized spacial score (nSPS) is 11.1. The Kier molecular flexibility index (Phi) is 12.9. The minimum Gasteiger partial charge on any atom is -0.515 e. The lowest BCUT2D eigenvalue weighted by Crippen LogP contribution is -2.04. The molecule has 8 nitrogen and oxygen atoms in total. The highest BCUT2D eigenvalue weighted by Crippen LogP contribution is 2.11. The molecule has 0 saturated heterocycles. The van der Waals surface area contributed by atoms with Crippen LogP contribution in [-0.4, -0.2) is 45.6 Å². The third-order valence-corrected chi connectivity index (χ3v) is 3.95. The van der Waals surface area contributed by atoms with E-state index in [0.717, 1.165) is 11.5 Å². The minimum atomic E-state index is -1.30. The number of carboxylic acid groups (broad SMARTS) is 2. The van der Waals surface area contributed by atoms with E-state index in [2.05, 4.69) is 0 Å². The second kappa shape index (κ2) is 15.8. The van der Waals surface area contributed by atoms with E-state index in [4.69, 9.17) is 29.9 Å². The number of carboxylic acids is 2. The summed E-state index contributed by atoms with van der Waals surface area (Å²) in [6, 6.07) is 18.7. The monoisotopic (exact) mass is 444 g/mol. The van der Waals surface area contributed by atoms with Crippen LogP contribution in [0.2, 0.25) is 0 Å². The molecule has 2 rings (SSSR count). The van der Waals surface area contributed by atoms with Gasteiger partial charge in [-0.2, -0.15) is 0 Å². The second-order valence-corrected chi connectivity index (χ2v) is 6.42. The van der Waals surface area contributed by atoms with Gasteiger partial charge in [0.2, 0.25) is 0 Å². The predicted octanol–water partition coefficient (Wildman–Crippen LogP) is 4.74. The molecule has 2 aromatic carbocycles. The van der Waals surface area contributed by atoms with Gasteiger partial charge < -0.3 is 29.9 Å². The number of rotatable bonds is 12. The molecular formula is C24H28O8. The molecule has 0 aliphatic rings. The van der Waals surface area contributed by atoms with Crippen molar-refractivity contribution in [2.75, 3.05) is 13.2 Å². The Balaban J connectivity index is 0.000000320. The lowest BCUT2D eigenvalue weighted by Gasteiger charge is -2.05. The maximum absolute atomic E-state index is 10.5. The third kappa shape index (κ3) is 11.9. The molecule has 0 unspecified atom stereocenters. The van der Waals surface area contributed by atoms with Gasteiger partial charge in [-0.15, -0.1) is 0 Å². The molecule has 8 heteroatoms. The van der Waals surface area contributed by atoms with Gasteiger partial charge in [0.05, 0.1) is 25.0 Å². The zero-order chi connectivity index (χ0) is 23.6. The van der Waals surface area contributed by atoms with Gasteiger partial charge in [0.15, 0.2) is 5.76 Å². The lowest BCUT2D eigenvalue weighted by molar-refractivity contribution is -0.135. The van der Waals surface area contributed by atoms with Gasteiger partial charge in [-0.1, -0.05) is 36.4 Å². The second-order valence-electron chi connectivity index (χ2n) is 6.42. The van der Waals surface area contributed by atoms with Gasteiger partial charge in [0.25, 0.3) is 0 Å². The maximum atomic E-state index is 10.5. The number of aliphatic carboxylic acids is 2. The van der Waals surface area contributed by atoms with Crippen LogP contribution in [0.5, 0.6) is 11.5 Å². The number of ether oxygens (including phenoxy) is 2. The number of hydrogen-bond donors (Lipinski definition) is 4. The summed E-state index contributed by atoms with van der Waals surface area (Å²) in [5, 5.41) is 34.5. The van der Waals surface area contributed by atoms with E-state index in [0.29, 0.717) is 45.2 Å². The predicted molar refractivity (Wildman–Crippen MR) is 119 cm³/mol. The average Bonchev–Trinajstić information content (AvgIpc) is 2.80. The van der Waals surface area contributed by atoms with Crippen LogP contribution in [0, 0.1) is 0 Å². The van der Waals surface area contributed by atoms with Crippen LogP contribution in [0.4, 0.5) is 0 Å².